The predicted octanol–water partition coefficient (Wildman–Crippen LogP) is 5.98. The number of aryl methyl sites for hydroxylation is 1. The molecule has 1 rings (SSSR count). The Kier molecular flexibility index (Phi) is 14.3. The molecule has 0 spiro atoms. The molecule has 0 saturated carbocycles. The maximum Gasteiger partial charge on any atom is 0.276 e. The Labute approximate surface area is 184 Å². The second-order valence-electron chi connectivity index (χ2n) is 7.58. The molecule has 0 aliphatic heterocycles. The van der Waals surface area contributed by atoms with Gasteiger partial charge in [0, 0.05) is 10.9 Å². The van der Waals surface area contributed by atoms with Gasteiger partial charge in [0.2, 0.25) is 5.91 Å². The number of rotatable bonds is 15. The molecule has 1 aromatic rings. The quantitative estimate of drug-likeness (QED) is 0.245. The first kappa shape index (κ1) is 25.5. The number of hydrogen-bond acceptors (Lipinski definition) is 3. The van der Waals surface area contributed by atoms with Crippen molar-refractivity contribution in [1.82, 2.24) is 10.9 Å². The van der Waals surface area contributed by atoms with Crippen molar-refractivity contribution >= 4 is 27.7 Å². The van der Waals surface area contributed by atoms with Crippen LogP contribution in [0, 0.1) is 6.92 Å². The molecule has 0 aromatic heterocycles. The van der Waals surface area contributed by atoms with Crippen LogP contribution in [0.25, 0.3) is 0 Å². The molecule has 0 fully saturated rings. The van der Waals surface area contributed by atoms with Gasteiger partial charge in [-0.05, 0) is 37.1 Å². The summed E-state index contributed by atoms with van der Waals surface area (Å²) in [5.74, 6) is 0.115. The number of hydrogen-bond donors (Lipinski definition) is 2. The van der Waals surface area contributed by atoms with Crippen LogP contribution in [0.15, 0.2) is 22.7 Å². The molecule has 0 radical (unpaired) electrons. The highest BCUT2D eigenvalue weighted by atomic mass is 79.9. The molecule has 1 aromatic carbocycles. The molecule has 0 aliphatic rings. The zero-order valence-corrected chi connectivity index (χ0v) is 19.6. The highest BCUT2D eigenvalue weighted by molar-refractivity contribution is 9.10. The lowest BCUT2D eigenvalue weighted by Crippen LogP contribution is -2.43. The van der Waals surface area contributed by atoms with Crippen molar-refractivity contribution in [3.63, 3.8) is 0 Å². The Hall–Kier alpha value is -1.56. The molecule has 29 heavy (non-hydrogen) atoms. The van der Waals surface area contributed by atoms with E-state index in [0.717, 1.165) is 22.9 Å². The number of benzene rings is 1. The van der Waals surface area contributed by atoms with Crippen LogP contribution in [0.1, 0.15) is 89.5 Å². The van der Waals surface area contributed by atoms with Crippen molar-refractivity contribution in [3.8, 4) is 5.75 Å². The third-order valence-electron chi connectivity index (χ3n) is 4.84. The van der Waals surface area contributed by atoms with Gasteiger partial charge in [-0.3, -0.25) is 20.4 Å². The fourth-order valence-electron chi connectivity index (χ4n) is 3.11. The minimum absolute atomic E-state index is 0.138. The number of nitrogens with one attached hydrogen (secondary N) is 2. The molecule has 0 aliphatic carbocycles. The number of ether oxygens (including phenoxy) is 1. The van der Waals surface area contributed by atoms with Crippen molar-refractivity contribution in [3.05, 3.63) is 28.2 Å². The number of carbonyl (C=O) groups is 2. The minimum atomic E-state index is -0.375. The first-order valence-corrected chi connectivity index (χ1v) is 11.8. The van der Waals surface area contributed by atoms with Gasteiger partial charge in [-0.15, -0.1) is 0 Å². The highest BCUT2D eigenvalue weighted by Crippen LogP contribution is 2.21. The van der Waals surface area contributed by atoms with Crippen LogP contribution < -0.4 is 15.6 Å². The van der Waals surface area contributed by atoms with Gasteiger partial charge in [0.1, 0.15) is 5.75 Å². The largest absolute Gasteiger partial charge is 0.483 e. The third-order valence-corrected chi connectivity index (χ3v) is 5.34. The third kappa shape index (κ3) is 13.3. The number of hydrazine groups is 1. The summed E-state index contributed by atoms with van der Waals surface area (Å²) in [6, 6.07) is 5.58. The maximum absolute atomic E-state index is 11.8. The number of halogens is 1. The Morgan fingerprint density at radius 2 is 1.41 bits per heavy atom. The number of amides is 2. The van der Waals surface area contributed by atoms with Crippen LogP contribution in [0.3, 0.4) is 0 Å². The molecule has 2 N–H and O–H groups in total. The molecule has 0 bridgehead atoms. The monoisotopic (exact) mass is 468 g/mol. The van der Waals surface area contributed by atoms with Gasteiger partial charge in [-0.2, -0.15) is 0 Å². The van der Waals surface area contributed by atoms with Crippen LogP contribution in [0.4, 0.5) is 0 Å². The fraction of sp³-hybridized carbons (Fsp3) is 0.652. The van der Waals surface area contributed by atoms with Gasteiger partial charge in [0.25, 0.3) is 5.91 Å². The first-order chi connectivity index (χ1) is 14.0. The smallest absolute Gasteiger partial charge is 0.276 e. The molecule has 0 heterocycles. The van der Waals surface area contributed by atoms with Gasteiger partial charge < -0.3 is 4.74 Å². The summed E-state index contributed by atoms with van der Waals surface area (Å²) in [6.07, 6.45) is 14.2. The van der Waals surface area contributed by atoms with E-state index in [2.05, 4.69) is 33.7 Å². The second kappa shape index (κ2) is 16.3. The number of carbonyl (C=O) groups excluding carboxylic acids is 2. The van der Waals surface area contributed by atoms with E-state index in [1.165, 1.54) is 57.8 Å². The topological polar surface area (TPSA) is 67.4 Å². The molecule has 2 amide bonds. The van der Waals surface area contributed by atoms with E-state index in [4.69, 9.17) is 4.74 Å². The standard InChI is InChI=1S/C23H37BrN2O3/c1-3-4-5-6-7-8-9-10-11-12-13-14-22(27)25-26-23(28)18-29-21-16-15-20(24)17-19(21)2/h15-17H,3-14,18H2,1-2H3,(H,25,27)(H,26,28). The summed E-state index contributed by atoms with van der Waals surface area (Å²) < 4.78 is 6.43. The summed E-state index contributed by atoms with van der Waals surface area (Å²) in [4.78, 5) is 23.6. The van der Waals surface area contributed by atoms with Crippen LogP contribution in [0.2, 0.25) is 0 Å². The molecular weight excluding hydrogens is 432 g/mol. The second-order valence-corrected chi connectivity index (χ2v) is 8.50. The van der Waals surface area contributed by atoms with Crippen molar-refractivity contribution in [1.29, 1.82) is 0 Å². The van der Waals surface area contributed by atoms with Crippen molar-refractivity contribution in [2.75, 3.05) is 6.61 Å². The van der Waals surface area contributed by atoms with Gasteiger partial charge in [0.05, 0.1) is 0 Å². The zero-order valence-electron chi connectivity index (χ0n) is 18.0. The normalized spacial score (nSPS) is 10.6. The van der Waals surface area contributed by atoms with Crippen LogP contribution in [-0.2, 0) is 9.59 Å². The SMILES string of the molecule is CCCCCCCCCCCCCC(=O)NNC(=O)COc1ccc(Br)cc1C. The molecule has 0 unspecified atom stereocenters. The van der Waals surface area contributed by atoms with E-state index in [9.17, 15) is 9.59 Å². The molecule has 5 nitrogen and oxygen atoms in total. The fourth-order valence-corrected chi connectivity index (χ4v) is 3.58. The Balaban J connectivity index is 1.97. The summed E-state index contributed by atoms with van der Waals surface area (Å²) in [6.45, 7) is 4.02. The molecular formula is C23H37BrN2O3. The summed E-state index contributed by atoms with van der Waals surface area (Å²) in [7, 11) is 0. The van der Waals surface area contributed by atoms with E-state index in [1.54, 1.807) is 6.07 Å². The van der Waals surface area contributed by atoms with E-state index in [-0.39, 0.29) is 18.4 Å². The lowest BCUT2D eigenvalue weighted by molar-refractivity contribution is -0.130. The van der Waals surface area contributed by atoms with E-state index in [0.29, 0.717) is 12.2 Å². The average molecular weight is 469 g/mol. The van der Waals surface area contributed by atoms with Gasteiger partial charge in [-0.1, -0.05) is 87.1 Å². The number of unbranched alkanes of at least 4 members (excludes halogenated alkanes) is 10. The Morgan fingerprint density at radius 3 is 2.00 bits per heavy atom. The molecule has 6 heteroatoms. The van der Waals surface area contributed by atoms with Crippen LogP contribution >= 0.6 is 15.9 Å². The van der Waals surface area contributed by atoms with E-state index in [1.807, 2.05) is 19.1 Å². The van der Waals surface area contributed by atoms with Gasteiger partial charge in [0.15, 0.2) is 6.61 Å². The van der Waals surface area contributed by atoms with Crippen molar-refractivity contribution < 1.29 is 14.3 Å². The average Bonchev–Trinajstić information content (AvgIpc) is 2.69. The van der Waals surface area contributed by atoms with Crippen LogP contribution in [-0.4, -0.2) is 18.4 Å². The predicted molar refractivity (Wildman–Crippen MR) is 122 cm³/mol. The lowest BCUT2D eigenvalue weighted by atomic mass is 10.1. The summed E-state index contributed by atoms with van der Waals surface area (Å²) >= 11 is 3.39. The van der Waals surface area contributed by atoms with Crippen molar-refractivity contribution in [2.24, 2.45) is 0 Å². The Morgan fingerprint density at radius 1 is 0.862 bits per heavy atom. The first-order valence-electron chi connectivity index (χ1n) is 11.0. The maximum atomic E-state index is 11.8. The van der Waals surface area contributed by atoms with Crippen molar-refractivity contribution in [2.45, 2.75) is 90.9 Å². The minimum Gasteiger partial charge on any atom is -0.483 e. The van der Waals surface area contributed by atoms with Gasteiger partial charge >= 0.3 is 0 Å². The summed E-state index contributed by atoms with van der Waals surface area (Å²) in [5, 5.41) is 0. The van der Waals surface area contributed by atoms with E-state index < -0.39 is 0 Å². The van der Waals surface area contributed by atoms with E-state index >= 15 is 0 Å². The molecule has 0 saturated heterocycles. The van der Waals surface area contributed by atoms with Crippen LogP contribution in [0.5, 0.6) is 5.75 Å². The Bertz CT molecular complexity index is 608. The lowest BCUT2D eigenvalue weighted by Gasteiger charge is -2.10. The zero-order chi connectivity index (χ0) is 21.3. The van der Waals surface area contributed by atoms with Gasteiger partial charge in [-0.25, -0.2) is 0 Å². The molecule has 164 valence electrons. The summed E-state index contributed by atoms with van der Waals surface area (Å²) in [5.41, 5.74) is 5.79. The highest BCUT2D eigenvalue weighted by Gasteiger charge is 2.07. The molecule has 0 atom stereocenters.